The maximum atomic E-state index is 12.4. The molecule has 0 unspecified atom stereocenters. The molecule has 0 spiro atoms. The van der Waals surface area contributed by atoms with Crippen molar-refractivity contribution in [1.29, 1.82) is 0 Å². The van der Waals surface area contributed by atoms with Gasteiger partial charge in [-0.15, -0.1) is 13.2 Å². The van der Waals surface area contributed by atoms with Gasteiger partial charge in [0.1, 0.15) is 19.0 Å². The summed E-state index contributed by atoms with van der Waals surface area (Å²) >= 11 is 0. The number of alkyl halides is 3. The van der Waals surface area contributed by atoms with Gasteiger partial charge < -0.3 is 9.64 Å². The van der Waals surface area contributed by atoms with Crippen LogP contribution < -0.4 is 4.74 Å². The quantitative estimate of drug-likeness (QED) is 0.410. The number of hydrogen-bond acceptors (Lipinski definition) is 8. The minimum Gasteiger partial charge on any atom is -0.406 e. The number of ketones is 1. The van der Waals surface area contributed by atoms with Gasteiger partial charge in [0.15, 0.2) is 11.6 Å². The molecule has 5 heterocycles. The maximum absolute atomic E-state index is 12.4. The third kappa shape index (κ3) is 7.75. The molecule has 8 nitrogen and oxygen atoms in total. The van der Waals surface area contributed by atoms with Crippen molar-refractivity contribution in [2.75, 3.05) is 19.8 Å². The number of nitrogens with zero attached hydrogens (tertiary/aromatic N) is 6. The summed E-state index contributed by atoms with van der Waals surface area (Å²) in [5.74, 6) is 0.663. The van der Waals surface area contributed by atoms with Gasteiger partial charge in [-0.2, -0.15) is 5.10 Å². The number of amidine groups is 1. The van der Waals surface area contributed by atoms with Gasteiger partial charge >= 0.3 is 6.36 Å². The van der Waals surface area contributed by atoms with E-state index >= 15 is 0 Å². The molecule has 0 saturated heterocycles. The van der Waals surface area contributed by atoms with Crippen molar-refractivity contribution >= 4 is 23.4 Å². The topological polar surface area (TPSA) is 83.3 Å². The van der Waals surface area contributed by atoms with Crippen LogP contribution >= 0.6 is 0 Å². The van der Waals surface area contributed by atoms with Crippen molar-refractivity contribution in [3.63, 3.8) is 0 Å². The number of pyridine rings is 2. The highest BCUT2D eigenvalue weighted by atomic mass is 19.4. The standard InChI is InChI=1S/C25H20F3N5O.C5H5NO/c26-25(27,28)34-23-8-4-18(5-9-23)21-6-10-24-31-33(17-32(24)16-21)13-11-22-7-3-20(15-30-22)19-2-1-12-29-14-19;7-5-2-1-3-6-4-5/h1-10,12,14-16H,11,13,17H2;1-3H,4H2. The smallest absolute Gasteiger partial charge is 0.406 e. The zero-order chi connectivity index (χ0) is 28.7. The Bertz CT molecular complexity index is 1510. The van der Waals surface area contributed by atoms with Crippen molar-refractivity contribution in [2.24, 2.45) is 10.1 Å². The van der Waals surface area contributed by atoms with Gasteiger partial charge in [0, 0.05) is 60.8 Å². The highest BCUT2D eigenvalue weighted by Crippen LogP contribution is 2.28. The number of dihydropyridines is 1. The summed E-state index contributed by atoms with van der Waals surface area (Å²) < 4.78 is 41.0. The lowest BCUT2D eigenvalue weighted by Gasteiger charge is -2.20. The Labute approximate surface area is 234 Å². The zero-order valence-electron chi connectivity index (χ0n) is 21.8. The van der Waals surface area contributed by atoms with Crippen molar-refractivity contribution in [3.05, 3.63) is 109 Å². The average molecular weight is 559 g/mol. The van der Waals surface area contributed by atoms with Crippen LogP contribution in [0.4, 0.5) is 13.2 Å². The normalized spacial score (nSPS) is 15.6. The number of halogens is 3. The number of hydrogen-bond donors (Lipinski definition) is 0. The molecule has 41 heavy (non-hydrogen) atoms. The number of aromatic nitrogens is 2. The van der Waals surface area contributed by atoms with E-state index in [1.807, 2.05) is 64.9 Å². The highest BCUT2D eigenvalue weighted by molar-refractivity contribution is 6.00. The van der Waals surface area contributed by atoms with E-state index in [0.717, 1.165) is 40.2 Å². The van der Waals surface area contributed by atoms with Crippen LogP contribution in [0, 0.1) is 0 Å². The number of rotatable bonds is 6. The second kappa shape index (κ2) is 12.4. The SMILES string of the molecule is FC(F)(F)Oc1ccc(C2=CN3CN(CCc4ccc(-c5cccnc5)cn4)N=C3C=C2)cc1.O=C1C=CC=NC1. The summed E-state index contributed by atoms with van der Waals surface area (Å²) in [6.07, 6.45) is 12.0. The number of hydrazone groups is 1. The molecule has 0 saturated carbocycles. The molecular weight excluding hydrogens is 533 g/mol. The summed E-state index contributed by atoms with van der Waals surface area (Å²) in [4.78, 5) is 24.7. The Hall–Kier alpha value is -5.06. The van der Waals surface area contributed by atoms with E-state index < -0.39 is 6.36 Å². The van der Waals surface area contributed by atoms with Crippen LogP contribution in [0.1, 0.15) is 11.3 Å². The minimum absolute atomic E-state index is 0.0856. The van der Waals surface area contributed by atoms with E-state index in [-0.39, 0.29) is 11.5 Å². The Balaban J connectivity index is 0.000000423. The molecule has 0 atom stereocenters. The van der Waals surface area contributed by atoms with Crippen LogP contribution in [0.3, 0.4) is 0 Å². The van der Waals surface area contributed by atoms with Crippen molar-refractivity contribution in [1.82, 2.24) is 19.9 Å². The fourth-order valence-corrected chi connectivity index (χ4v) is 4.16. The number of allylic oxidation sites excluding steroid dienone is 3. The lowest BCUT2D eigenvalue weighted by atomic mass is 10.0. The fraction of sp³-hybridized carbons (Fsp3) is 0.167. The molecule has 11 heteroatoms. The minimum atomic E-state index is -4.70. The molecule has 3 aromatic rings. The second-order valence-electron chi connectivity index (χ2n) is 9.13. The number of carbonyl (C=O) groups excluding carboxylic acids is 1. The summed E-state index contributed by atoms with van der Waals surface area (Å²) in [7, 11) is 0. The lowest BCUT2D eigenvalue weighted by Crippen LogP contribution is -2.28. The van der Waals surface area contributed by atoms with E-state index in [1.54, 1.807) is 30.6 Å². The zero-order valence-corrected chi connectivity index (χ0v) is 21.8. The maximum Gasteiger partial charge on any atom is 0.573 e. The van der Waals surface area contributed by atoms with Gasteiger partial charge in [-0.25, -0.2) is 0 Å². The molecular formula is C30H25F3N6O2. The molecule has 3 aliphatic heterocycles. The van der Waals surface area contributed by atoms with Gasteiger partial charge in [0.05, 0.1) is 0 Å². The third-order valence-electron chi connectivity index (χ3n) is 6.15. The van der Waals surface area contributed by atoms with Crippen LogP contribution in [0.25, 0.3) is 16.7 Å². The largest absolute Gasteiger partial charge is 0.573 e. The Morgan fingerprint density at radius 2 is 1.73 bits per heavy atom. The van der Waals surface area contributed by atoms with Gasteiger partial charge in [0.2, 0.25) is 0 Å². The van der Waals surface area contributed by atoms with Crippen LogP contribution in [-0.2, 0) is 11.2 Å². The Morgan fingerprint density at radius 3 is 2.37 bits per heavy atom. The van der Waals surface area contributed by atoms with E-state index in [1.165, 1.54) is 18.2 Å². The van der Waals surface area contributed by atoms with Crippen molar-refractivity contribution in [2.45, 2.75) is 12.8 Å². The molecule has 208 valence electrons. The number of aliphatic imine (C=N–C) groups is 1. The molecule has 0 radical (unpaired) electrons. The first-order valence-electron chi connectivity index (χ1n) is 12.7. The van der Waals surface area contributed by atoms with Crippen molar-refractivity contribution < 1.29 is 22.7 Å². The summed E-state index contributed by atoms with van der Waals surface area (Å²) in [6, 6.07) is 13.8. The van der Waals surface area contributed by atoms with Gasteiger partial charge in [0.25, 0.3) is 0 Å². The average Bonchev–Trinajstić information content (AvgIpc) is 3.40. The van der Waals surface area contributed by atoms with Gasteiger partial charge in [-0.3, -0.25) is 24.8 Å². The highest BCUT2D eigenvalue weighted by Gasteiger charge is 2.31. The first-order valence-corrected chi connectivity index (χ1v) is 12.7. The number of ether oxygens (including phenoxy) is 1. The van der Waals surface area contributed by atoms with E-state index in [4.69, 9.17) is 0 Å². The first-order chi connectivity index (χ1) is 19.8. The summed E-state index contributed by atoms with van der Waals surface area (Å²) in [5, 5.41) is 6.60. The molecule has 0 aliphatic carbocycles. The molecule has 0 fully saturated rings. The second-order valence-corrected chi connectivity index (χ2v) is 9.13. The molecule has 2 aromatic heterocycles. The molecule has 0 amide bonds. The summed E-state index contributed by atoms with van der Waals surface area (Å²) in [6.45, 7) is 1.63. The third-order valence-corrected chi connectivity index (χ3v) is 6.15. The number of carbonyl (C=O) groups is 1. The summed E-state index contributed by atoms with van der Waals surface area (Å²) in [5.41, 5.74) is 4.70. The first kappa shape index (κ1) is 27.5. The molecule has 3 aliphatic rings. The molecule has 1 aromatic carbocycles. The molecule has 0 N–H and O–H groups in total. The van der Waals surface area contributed by atoms with Crippen molar-refractivity contribution in [3.8, 4) is 16.9 Å². The predicted octanol–water partition coefficient (Wildman–Crippen LogP) is 5.28. The van der Waals surface area contributed by atoms with E-state index in [0.29, 0.717) is 19.8 Å². The Kier molecular flexibility index (Phi) is 8.33. The van der Waals surface area contributed by atoms with Crippen LogP contribution in [0.2, 0.25) is 0 Å². The Morgan fingerprint density at radius 1 is 0.927 bits per heavy atom. The number of benzene rings is 1. The predicted molar refractivity (Wildman–Crippen MR) is 150 cm³/mol. The van der Waals surface area contributed by atoms with Crippen LogP contribution in [0.5, 0.6) is 5.75 Å². The monoisotopic (exact) mass is 558 g/mol. The van der Waals surface area contributed by atoms with E-state index in [2.05, 4.69) is 24.8 Å². The lowest BCUT2D eigenvalue weighted by molar-refractivity contribution is -0.274. The van der Waals surface area contributed by atoms with E-state index in [9.17, 15) is 18.0 Å². The fourth-order valence-electron chi connectivity index (χ4n) is 4.16. The van der Waals surface area contributed by atoms with Crippen LogP contribution in [-0.4, -0.2) is 63.8 Å². The molecule has 6 rings (SSSR count). The van der Waals surface area contributed by atoms with Gasteiger partial charge in [-0.1, -0.05) is 24.3 Å². The molecule has 0 bridgehead atoms. The van der Waals surface area contributed by atoms with Crippen LogP contribution in [0.15, 0.2) is 108 Å². The number of fused-ring (bicyclic) bond motifs is 1. The van der Waals surface area contributed by atoms with Gasteiger partial charge in [-0.05, 0) is 59.7 Å².